The molecule has 0 bridgehead atoms. The number of rotatable bonds is 7. The van der Waals surface area contributed by atoms with Gasteiger partial charge in [-0.1, -0.05) is 36.2 Å². The molecule has 0 aliphatic carbocycles. The molecular formula is C14H21Cl2NO. The zero-order chi connectivity index (χ0) is 13.6. The first-order chi connectivity index (χ1) is 8.44. The molecule has 0 spiro atoms. The van der Waals surface area contributed by atoms with E-state index >= 15 is 0 Å². The van der Waals surface area contributed by atoms with E-state index in [1.807, 2.05) is 13.0 Å². The minimum atomic E-state index is -0.752. The van der Waals surface area contributed by atoms with Gasteiger partial charge in [-0.25, -0.2) is 0 Å². The van der Waals surface area contributed by atoms with Gasteiger partial charge in [-0.15, -0.1) is 0 Å². The Bertz CT molecular complexity index is 380. The summed E-state index contributed by atoms with van der Waals surface area (Å²) >= 11 is 12.0. The third kappa shape index (κ3) is 5.57. The van der Waals surface area contributed by atoms with Crippen molar-refractivity contribution < 1.29 is 5.11 Å². The lowest BCUT2D eigenvalue weighted by Crippen LogP contribution is -2.32. The van der Waals surface area contributed by atoms with E-state index in [4.69, 9.17) is 23.2 Å². The van der Waals surface area contributed by atoms with Crippen molar-refractivity contribution in [1.82, 2.24) is 5.32 Å². The second-order valence-corrected chi connectivity index (χ2v) is 5.75. The van der Waals surface area contributed by atoms with Crippen molar-refractivity contribution >= 4 is 23.2 Å². The number of nitrogens with one attached hydrogen (secondary N) is 1. The van der Waals surface area contributed by atoms with Crippen LogP contribution in [0.25, 0.3) is 0 Å². The summed E-state index contributed by atoms with van der Waals surface area (Å²) < 4.78 is 0. The van der Waals surface area contributed by atoms with Crippen molar-refractivity contribution in [3.8, 4) is 0 Å². The van der Waals surface area contributed by atoms with Crippen molar-refractivity contribution in [1.29, 1.82) is 0 Å². The topological polar surface area (TPSA) is 32.3 Å². The standard InChI is InChI=1S/C14H21Cl2NO/c1-3-7-17-8-6-14(2,18)10-11-4-5-12(15)9-13(11)16/h4-5,9,17-18H,3,6-8,10H2,1-2H3. The lowest BCUT2D eigenvalue weighted by Gasteiger charge is -2.24. The van der Waals surface area contributed by atoms with Crippen molar-refractivity contribution in [3.63, 3.8) is 0 Å². The van der Waals surface area contributed by atoms with Crippen LogP contribution in [-0.2, 0) is 6.42 Å². The van der Waals surface area contributed by atoms with Gasteiger partial charge >= 0.3 is 0 Å². The maximum atomic E-state index is 10.3. The van der Waals surface area contributed by atoms with E-state index in [0.29, 0.717) is 22.9 Å². The third-order valence-electron chi connectivity index (χ3n) is 2.85. The van der Waals surface area contributed by atoms with Gasteiger partial charge in [-0.3, -0.25) is 0 Å². The fourth-order valence-corrected chi connectivity index (χ4v) is 2.30. The van der Waals surface area contributed by atoms with E-state index in [2.05, 4.69) is 12.2 Å². The van der Waals surface area contributed by atoms with Crippen molar-refractivity contribution in [2.24, 2.45) is 0 Å². The predicted molar refractivity (Wildman–Crippen MR) is 78.6 cm³/mol. The molecule has 0 aromatic heterocycles. The van der Waals surface area contributed by atoms with Gasteiger partial charge in [-0.2, -0.15) is 0 Å². The van der Waals surface area contributed by atoms with Crippen molar-refractivity contribution in [3.05, 3.63) is 33.8 Å². The first kappa shape index (κ1) is 15.8. The molecule has 102 valence electrons. The van der Waals surface area contributed by atoms with Gasteiger partial charge in [0.2, 0.25) is 0 Å². The summed E-state index contributed by atoms with van der Waals surface area (Å²) in [5, 5.41) is 14.8. The first-order valence-electron chi connectivity index (χ1n) is 6.31. The van der Waals surface area contributed by atoms with Gasteiger partial charge in [0.25, 0.3) is 0 Å². The molecule has 4 heteroatoms. The largest absolute Gasteiger partial charge is 0.390 e. The van der Waals surface area contributed by atoms with Crippen molar-refractivity contribution in [2.45, 2.75) is 38.7 Å². The van der Waals surface area contributed by atoms with E-state index in [9.17, 15) is 5.11 Å². The van der Waals surface area contributed by atoms with E-state index < -0.39 is 5.60 Å². The normalized spacial score (nSPS) is 14.5. The van der Waals surface area contributed by atoms with Crippen molar-refractivity contribution in [2.75, 3.05) is 13.1 Å². The third-order valence-corrected chi connectivity index (χ3v) is 3.44. The minimum Gasteiger partial charge on any atom is -0.390 e. The molecule has 18 heavy (non-hydrogen) atoms. The molecule has 0 aliphatic heterocycles. The van der Waals surface area contributed by atoms with Crippen LogP contribution >= 0.6 is 23.2 Å². The molecule has 0 fully saturated rings. The Balaban J connectivity index is 2.53. The molecule has 2 N–H and O–H groups in total. The quantitative estimate of drug-likeness (QED) is 0.751. The molecule has 0 saturated carbocycles. The molecule has 1 unspecified atom stereocenters. The van der Waals surface area contributed by atoms with E-state index in [1.165, 1.54) is 0 Å². The average molecular weight is 290 g/mol. The van der Waals surface area contributed by atoms with Crippen LogP contribution in [0.15, 0.2) is 18.2 Å². The fraction of sp³-hybridized carbons (Fsp3) is 0.571. The SMILES string of the molecule is CCCNCCC(C)(O)Cc1ccc(Cl)cc1Cl. The van der Waals surface area contributed by atoms with E-state index in [0.717, 1.165) is 25.1 Å². The summed E-state index contributed by atoms with van der Waals surface area (Å²) in [5.41, 5.74) is 0.180. The molecule has 1 atom stereocenters. The Hall–Kier alpha value is -0.280. The molecule has 0 radical (unpaired) electrons. The predicted octanol–water partition coefficient (Wildman–Crippen LogP) is 3.68. The summed E-state index contributed by atoms with van der Waals surface area (Å²) in [6, 6.07) is 5.39. The maximum absolute atomic E-state index is 10.3. The lowest BCUT2D eigenvalue weighted by molar-refractivity contribution is 0.0516. The lowest BCUT2D eigenvalue weighted by atomic mass is 9.93. The molecule has 2 nitrogen and oxygen atoms in total. The van der Waals surface area contributed by atoms with Crippen LogP contribution in [0.3, 0.4) is 0 Å². The Labute approximate surface area is 119 Å². The van der Waals surface area contributed by atoms with Gasteiger partial charge in [0.1, 0.15) is 0 Å². The summed E-state index contributed by atoms with van der Waals surface area (Å²) in [6.07, 6.45) is 2.34. The van der Waals surface area contributed by atoms with Gasteiger partial charge in [0, 0.05) is 16.5 Å². The van der Waals surface area contributed by atoms with Crippen LogP contribution in [0.5, 0.6) is 0 Å². The zero-order valence-electron chi connectivity index (χ0n) is 11.0. The molecule has 0 aliphatic rings. The number of halogens is 2. The van der Waals surface area contributed by atoms with Crippen LogP contribution < -0.4 is 5.32 Å². The van der Waals surface area contributed by atoms with Crippen LogP contribution in [-0.4, -0.2) is 23.8 Å². The van der Waals surface area contributed by atoms with Gasteiger partial charge < -0.3 is 10.4 Å². The fourth-order valence-electron chi connectivity index (χ4n) is 1.82. The first-order valence-corrected chi connectivity index (χ1v) is 7.07. The minimum absolute atomic E-state index is 0.538. The second-order valence-electron chi connectivity index (χ2n) is 4.91. The average Bonchev–Trinajstić information content (AvgIpc) is 2.28. The molecular weight excluding hydrogens is 269 g/mol. The summed E-state index contributed by atoms with van der Waals surface area (Å²) in [6.45, 7) is 5.76. The highest BCUT2D eigenvalue weighted by Crippen LogP contribution is 2.25. The number of aliphatic hydroxyl groups is 1. The smallest absolute Gasteiger partial charge is 0.0672 e. The molecule has 0 saturated heterocycles. The number of hydrogen-bond donors (Lipinski definition) is 2. The Morgan fingerprint density at radius 1 is 1.28 bits per heavy atom. The number of benzene rings is 1. The Morgan fingerprint density at radius 2 is 2.00 bits per heavy atom. The van der Waals surface area contributed by atoms with Gasteiger partial charge in [-0.05, 0) is 50.6 Å². The highest BCUT2D eigenvalue weighted by molar-refractivity contribution is 6.35. The highest BCUT2D eigenvalue weighted by atomic mass is 35.5. The summed E-state index contributed by atoms with van der Waals surface area (Å²) in [5.74, 6) is 0. The van der Waals surface area contributed by atoms with E-state index in [1.54, 1.807) is 12.1 Å². The number of hydrogen-bond acceptors (Lipinski definition) is 2. The molecule has 1 rings (SSSR count). The summed E-state index contributed by atoms with van der Waals surface area (Å²) in [4.78, 5) is 0. The van der Waals surface area contributed by atoms with Gasteiger partial charge in [0.05, 0.1) is 5.60 Å². The molecule has 0 amide bonds. The molecule has 1 aromatic carbocycles. The van der Waals surface area contributed by atoms with Crippen LogP contribution in [0.2, 0.25) is 10.0 Å². The monoisotopic (exact) mass is 289 g/mol. The highest BCUT2D eigenvalue weighted by Gasteiger charge is 2.21. The molecule has 1 aromatic rings. The zero-order valence-corrected chi connectivity index (χ0v) is 12.5. The second kappa shape index (κ2) is 7.34. The summed E-state index contributed by atoms with van der Waals surface area (Å²) in [7, 11) is 0. The molecule has 0 heterocycles. The Morgan fingerprint density at radius 3 is 2.61 bits per heavy atom. The van der Waals surface area contributed by atoms with Gasteiger partial charge in [0.15, 0.2) is 0 Å². The van der Waals surface area contributed by atoms with Crippen LogP contribution in [0.1, 0.15) is 32.3 Å². The van der Waals surface area contributed by atoms with E-state index in [-0.39, 0.29) is 0 Å². The van der Waals surface area contributed by atoms with Crippen LogP contribution in [0.4, 0.5) is 0 Å². The Kier molecular flexibility index (Phi) is 6.44. The van der Waals surface area contributed by atoms with Crippen LogP contribution in [0, 0.1) is 0 Å². The maximum Gasteiger partial charge on any atom is 0.0672 e.